The molecule has 10 nitrogen and oxygen atoms in total. The number of likely N-dealkylation sites (N-methyl/N-ethyl adjacent to an activating group) is 2. The average Bonchev–Trinajstić information content (AvgIpc) is 3.29. The molecule has 0 spiro atoms. The van der Waals surface area contributed by atoms with E-state index < -0.39 is 18.2 Å². The molecular weight excluding hydrogens is 438 g/mol. The Bertz CT molecular complexity index is 712. The van der Waals surface area contributed by atoms with Crippen LogP contribution >= 0.6 is 0 Å². The first-order valence-electron chi connectivity index (χ1n) is 12.2. The molecule has 10 heteroatoms. The minimum Gasteiger partial charge on any atom is -0.450 e. The van der Waals surface area contributed by atoms with Crippen LogP contribution < -0.4 is 21.3 Å². The molecule has 0 aromatic rings. The Morgan fingerprint density at radius 1 is 1.12 bits per heavy atom. The van der Waals surface area contributed by atoms with Gasteiger partial charge in [0.05, 0.1) is 12.5 Å². The van der Waals surface area contributed by atoms with Gasteiger partial charge in [-0.3, -0.25) is 14.4 Å². The zero-order chi connectivity index (χ0) is 25.7. The van der Waals surface area contributed by atoms with Crippen molar-refractivity contribution < 1.29 is 23.9 Å². The second kappa shape index (κ2) is 15.3. The Balaban J connectivity index is 2.76. The van der Waals surface area contributed by atoms with Gasteiger partial charge >= 0.3 is 6.09 Å². The van der Waals surface area contributed by atoms with E-state index in [2.05, 4.69) is 35.1 Å². The van der Waals surface area contributed by atoms with Gasteiger partial charge in [-0.25, -0.2) is 4.79 Å². The molecule has 1 saturated heterocycles. The number of nitrogens with one attached hydrogen (secondary N) is 4. The summed E-state index contributed by atoms with van der Waals surface area (Å²) in [5, 5.41) is 11.1. The van der Waals surface area contributed by atoms with Crippen LogP contribution in [0.2, 0.25) is 0 Å². The molecule has 1 aliphatic rings. The van der Waals surface area contributed by atoms with Crippen molar-refractivity contribution in [1.82, 2.24) is 26.2 Å². The van der Waals surface area contributed by atoms with Gasteiger partial charge in [-0.15, -0.1) is 0 Å². The third kappa shape index (κ3) is 9.70. The van der Waals surface area contributed by atoms with E-state index in [9.17, 15) is 19.2 Å². The Hall–Kier alpha value is -2.62. The molecule has 1 fully saturated rings. The molecule has 1 rings (SSSR count). The first-order valence-corrected chi connectivity index (χ1v) is 12.2. The molecule has 4 amide bonds. The zero-order valence-corrected chi connectivity index (χ0v) is 21.5. The number of hydrogen-bond donors (Lipinski definition) is 4. The molecule has 0 aliphatic carbocycles. The maximum Gasteiger partial charge on any atom is 0.407 e. The van der Waals surface area contributed by atoms with E-state index in [1.807, 2.05) is 26.1 Å². The summed E-state index contributed by atoms with van der Waals surface area (Å²) < 4.78 is 4.80. The summed E-state index contributed by atoms with van der Waals surface area (Å²) in [5.41, 5.74) is 0. The SMILES string of the molecule is CCOC(=O)NCCC(NC(=O)C1CCCN1C(=O)[C@@H](C)/C=C/[C@H](CC(C)C)NC)C(=O)NC. The lowest BCUT2D eigenvalue weighted by atomic mass is 10.0. The maximum atomic E-state index is 13.1. The quantitative estimate of drug-likeness (QED) is 0.292. The number of hydrogen-bond acceptors (Lipinski definition) is 6. The van der Waals surface area contributed by atoms with Crippen LogP contribution in [-0.4, -0.2) is 80.6 Å². The van der Waals surface area contributed by atoms with Gasteiger partial charge in [-0.05, 0) is 45.6 Å². The van der Waals surface area contributed by atoms with Crippen molar-refractivity contribution in [2.75, 3.05) is 33.8 Å². The van der Waals surface area contributed by atoms with Gasteiger partial charge in [0.25, 0.3) is 0 Å². The fourth-order valence-electron chi connectivity index (χ4n) is 3.96. The molecule has 0 aromatic heterocycles. The number of carbonyl (C=O) groups excluding carboxylic acids is 4. The zero-order valence-electron chi connectivity index (χ0n) is 21.5. The van der Waals surface area contributed by atoms with Gasteiger partial charge in [-0.1, -0.05) is 32.9 Å². The highest BCUT2D eigenvalue weighted by Gasteiger charge is 2.36. The monoisotopic (exact) mass is 481 g/mol. The molecule has 1 aliphatic heterocycles. The van der Waals surface area contributed by atoms with Crippen LogP contribution in [0.5, 0.6) is 0 Å². The second-order valence-electron chi connectivity index (χ2n) is 9.00. The number of amides is 4. The molecule has 0 aromatic carbocycles. The van der Waals surface area contributed by atoms with E-state index in [1.54, 1.807) is 11.8 Å². The lowest BCUT2D eigenvalue weighted by Gasteiger charge is -2.28. The molecule has 1 heterocycles. The summed E-state index contributed by atoms with van der Waals surface area (Å²) in [4.78, 5) is 51.5. The lowest BCUT2D eigenvalue weighted by Crippen LogP contribution is -2.54. The molecule has 194 valence electrons. The number of rotatable bonds is 13. The third-order valence-electron chi connectivity index (χ3n) is 5.81. The highest BCUT2D eigenvalue weighted by atomic mass is 16.5. The summed E-state index contributed by atoms with van der Waals surface area (Å²) in [7, 11) is 3.38. The Kier molecular flexibility index (Phi) is 13.2. The third-order valence-corrected chi connectivity index (χ3v) is 5.81. The average molecular weight is 482 g/mol. The number of alkyl carbamates (subject to hydrolysis) is 1. The molecule has 4 atom stereocenters. The molecule has 4 N–H and O–H groups in total. The van der Waals surface area contributed by atoms with Crippen molar-refractivity contribution in [2.45, 2.75) is 71.5 Å². The second-order valence-corrected chi connectivity index (χ2v) is 9.00. The summed E-state index contributed by atoms with van der Waals surface area (Å²) in [6, 6.07) is -1.27. The van der Waals surface area contributed by atoms with Crippen molar-refractivity contribution in [1.29, 1.82) is 0 Å². The van der Waals surface area contributed by atoms with Crippen LogP contribution in [0, 0.1) is 11.8 Å². The van der Waals surface area contributed by atoms with Gasteiger partial charge in [0, 0.05) is 26.2 Å². The number of ether oxygens (including phenoxy) is 1. The van der Waals surface area contributed by atoms with E-state index >= 15 is 0 Å². The van der Waals surface area contributed by atoms with E-state index in [4.69, 9.17) is 4.74 Å². The van der Waals surface area contributed by atoms with E-state index in [0.717, 1.165) is 12.8 Å². The van der Waals surface area contributed by atoms with Crippen LogP contribution in [0.4, 0.5) is 4.79 Å². The molecule has 0 radical (unpaired) electrons. The molecular formula is C24H43N5O5. The number of likely N-dealkylation sites (tertiary alicyclic amines) is 1. The van der Waals surface area contributed by atoms with Gasteiger partial charge in [0.15, 0.2) is 0 Å². The first kappa shape index (κ1) is 29.4. The predicted molar refractivity (Wildman–Crippen MR) is 131 cm³/mol. The maximum absolute atomic E-state index is 13.1. The first-order chi connectivity index (χ1) is 16.1. The lowest BCUT2D eigenvalue weighted by molar-refractivity contribution is -0.141. The Morgan fingerprint density at radius 3 is 2.41 bits per heavy atom. The van der Waals surface area contributed by atoms with Crippen LogP contribution in [0.25, 0.3) is 0 Å². The van der Waals surface area contributed by atoms with E-state index in [-0.39, 0.29) is 49.3 Å². The van der Waals surface area contributed by atoms with Gasteiger partial charge in [0.2, 0.25) is 17.7 Å². The summed E-state index contributed by atoms with van der Waals surface area (Å²) in [5.74, 6) is -0.664. The largest absolute Gasteiger partial charge is 0.450 e. The molecule has 0 saturated carbocycles. The fraction of sp³-hybridized carbons (Fsp3) is 0.750. The number of nitrogens with zero attached hydrogens (tertiary/aromatic N) is 1. The molecule has 2 unspecified atom stereocenters. The predicted octanol–water partition coefficient (Wildman–Crippen LogP) is 1.17. The van der Waals surface area contributed by atoms with Crippen molar-refractivity contribution in [2.24, 2.45) is 11.8 Å². The highest BCUT2D eigenvalue weighted by Crippen LogP contribution is 2.21. The minimum atomic E-state index is -0.832. The smallest absolute Gasteiger partial charge is 0.407 e. The Morgan fingerprint density at radius 2 is 1.82 bits per heavy atom. The van der Waals surface area contributed by atoms with Crippen LogP contribution in [0.1, 0.15) is 53.4 Å². The van der Waals surface area contributed by atoms with E-state index in [1.165, 1.54) is 7.05 Å². The van der Waals surface area contributed by atoms with Crippen molar-refractivity contribution in [3.63, 3.8) is 0 Å². The topological polar surface area (TPSA) is 129 Å². The summed E-state index contributed by atoms with van der Waals surface area (Å²) in [6.07, 6.45) is 5.77. The molecule has 34 heavy (non-hydrogen) atoms. The van der Waals surface area contributed by atoms with Crippen LogP contribution in [-0.2, 0) is 19.1 Å². The van der Waals surface area contributed by atoms with Crippen LogP contribution in [0.15, 0.2) is 12.2 Å². The van der Waals surface area contributed by atoms with Gasteiger partial charge in [-0.2, -0.15) is 0 Å². The summed E-state index contributed by atoms with van der Waals surface area (Å²) in [6.45, 7) is 8.75. The standard InChI is InChI=1S/C24H43N5O5/c1-7-34-24(33)27-13-12-19(21(30)26-6)28-22(31)20-9-8-14-29(20)23(32)17(4)10-11-18(25-5)15-16(2)3/h10-11,16-20,25H,7-9,12-15H2,1-6H3,(H,26,30)(H,27,33)(H,28,31)/b11-10+/t17-,18+,19?,20?/m0/s1. The van der Waals surface area contributed by atoms with Gasteiger partial charge < -0.3 is 30.9 Å². The van der Waals surface area contributed by atoms with Crippen molar-refractivity contribution in [3.05, 3.63) is 12.2 Å². The Labute approximate surface area is 203 Å². The van der Waals surface area contributed by atoms with Crippen LogP contribution in [0.3, 0.4) is 0 Å². The summed E-state index contributed by atoms with van der Waals surface area (Å²) >= 11 is 0. The van der Waals surface area contributed by atoms with Crippen molar-refractivity contribution in [3.8, 4) is 0 Å². The minimum absolute atomic E-state index is 0.103. The van der Waals surface area contributed by atoms with Gasteiger partial charge in [0.1, 0.15) is 12.1 Å². The normalized spacial score (nSPS) is 18.4. The molecule has 0 bridgehead atoms. The van der Waals surface area contributed by atoms with E-state index in [0.29, 0.717) is 18.9 Å². The highest BCUT2D eigenvalue weighted by molar-refractivity contribution is 5.93. The number of carbonyl (C=O) groups is 4. The van der Waals surface area contributed by atoms with Crippen molar-refractivity contribution >= 4 is 23.8 Å². The fourth-order valence-corrected chi connectivity index (χ4v) is 3.96.